The molecule has 140 valence electrons. The van der Waals surface area contributed by atoms with Crippen LogP contribution in [-0.4, -0.2) is 29.6 Å². The first kappa shape index (κ1) is 18.4. The number of nitrogens with zero attached hydrogens (tertiary/aromatic N) is 1. The first-order valence-electron chi connectivity index (χ1n) is 8.62. The molecule has 0 spiro atoms. The number of amides is 2. The number of fused-ring (bicyclic) bond motifs is 1. The number of nitrogens with one attached hydrogen (secondary N) is 2. The highest BCUT2D eigenvalue weighted by molar-refractivity contribution is 6.08. The Morgan fingerprint density at radius 1 is 1.15 bits per heavy atom. The fourth-order valence-electron chi connectivity index (χ4n) is 2.63. The van der Waals surface area contributed by atoms with Crippen molar-refractivity contribution in [2.75, 3.05) is 11.9 Å². The summed E-state index contributed by atoms with van der Waals surface area (Å²) in [7, 11) is 0. The van der Waals surface area contributed by atoms with Crippen LogP contribution in [0.5, 0.6) is 5.75 Å². The molecule has 0 aliphatic carbocycles. The van der Waals surface area contributed by atoms with E-state index in [-0.39, 0.29) is 18.6 Å². The first-order valence-corrected chi connectivity index (χ1v) is 8.62. The van der Waals surface area contributed by atoms with Crippen molar-refractivity contribution in [1.82, 2.24) is 10.5 Å². The molecule has 2 aromatic carbocycles. The van der Waals surface area contributed by atoms with Gasteiger partial charge in [0.1, 0.15) is 11.5 Å². The van der Waals surface area contributed by atoms with Gasteiger partial charge >= 0.3 is 0 Å². The zero-order valence-corrected chi connectivity index (χ0v) is 15.4. The van der Waals surface area contributed by atoms with Gasteiger partial charge in [-0.3, -0.25) is 9.59 Å². The molecule has 0 bridgehead atoms. The molecule has 3 rings (SSSR count). The fraction of sp³-hybridized carbons (Fsp3) is 0.250. The Labute approximate surface area is 156 Å². The fourth-order valence-corrected chi connectivity index (χ4v) is 2.63. The number of aromatic nitrogens is 1. The highest BCUT2D eigenvalue weighted by atomic mass is 16.5. The number of carbonyl (C=O) groups excluding carboxylic acids is 2. The third-order valence-corrected chi connectivity index (χ3v) is 3.77. The summed E-state index contributed by atoms with van der Waals surface area (Å²) in [4.78, 5) is 24.6. The molecule has 0 saturated carbocycles. The molecule has 0 atom stereocenters. The van der Waals surface area contributed by atoms with E-state index in [9.17, 15) is 9.59 Å². The van der Waals surface area contributed by atoms with Crippen LogP contribution in [-0.2, 0) is 4.79 Å². The van der Waals surface area contributed by atoms with Crippen LogP contribution in [0.15, 0.2) is 47.0 Å². The number of carbonyl (C=O) groups is 2. The highest BCUT2D eigenvalue weighted by Gasteiger charge is 2.17. The van der Waals surface area contributed by atoms with Crippen LogP contribution in [0.1, 0.15) is 30.0 Å². The van der Waals surface area contributed by atoms with Gasteiger partial charge < -0.3 is 19.9 Å². The normalized spacial score (nSPS) is 10.8. The minimum Gasteiger partial charge on any atom is -0.483 e. The predicted octanol–water partition coefficient (Wildman–Crippen LogP) is 3.29. The summed E-state index contributed by atoms with van der Waals surface area (Å²) in [5.74, 6) is 0.579. The molecule has 3 aromatic rings. The number of ether oxygens (including phenoxy) is 1. The van der Waals surface area contributed by atoms with Crippen molar-refractivity contribution in [3.63, 3.8) is 0 Å². The maximum absolute atomic E-state index is 12.7. The van der Waals surface area contributed by atoms with E-state index in [1.807, 2.05) is 38.1 Å². The summed E-state index contributed by atoms with van der Waals surface area (Å²) in [5.41, 5.74) is 0.312. The van der Waals surface area contributed by atoms with Gasteiger partial charge in [-0.25, -0.2) is 0 Å². The van der Waals surface area contributed by atoms with E-state index >= 15 is 0 Å². The number of benzene rings is 2. The number of aryl methyl sites for hydroxylation is 1. The van der Waals surface area contributed by atoms with E-state index in [0.717, 1.165) is 10.8 Å². The average Bonchev–Trinajstić information content (AvgIpc) is 3.03. The number of rotatable bonds is 6. The lowest BCUT2D eigenvalue weighted by Gasteiger charge is -2.14. The molecule has 0 radical (unpaired) electrons. The molecule has 1 heterocycles. The monoisotopic (exact) mass is 367 g/mol. The van der Waals surface area contributed by atoms with Crippen LogP contribution in [0, 0.1) is 6.92 Å². The Morgan fingerprint density at radius 2 is 1.85 bits per heavy atom. The van der Waals surface area contributed by atoms with Crippen LogP contribution in [0.4, 0.5) is 5.82 Å². The molecule has 0 aliphatic heterocycles. The smallest absolute Gasteiger partial charge is 0.260 e. The summed E-state index contributed by atoms with van der Waals surface area (Å²) < 4.78 is 10.6. The van der Waals surface area contributed by atoms with E-state index < -0.39 is 5.91 Å². The Morgan fingerprint density at radius 3 is 2.48 bits per heavy atom. The molecular weight excluding hydrogens is 346 g/mol. The zero-order valence-electron chi connectivity index (χ0n) is 15.4. The summed E-state index contributed by atoms with van der Waals surface area (Å²) in [6, 6.07) is 12.7. The first-order chi connectivity index (χ1) is 12.9. The predicted molar refractivity (Wildman–Crippen MR) is 102 cm³/mol. The molecule has 1 aromatic heterocycles. The maximum atomic E-state index is 12.7. The lowest BCUT2D eigenvalue weighted by atomic mass is 10.1. The second kappa shape index (κ2) is 7.90. The molecule has 0 unspecified atom stereocenters. The quantitative estimate of drug-likeness (QED) is 0.697. The summed E-state index contributed by atoms with van der Waals surface area (Å²) in [6.07, 6.45) is 0. The average molecular weight is 367 g/mol. The zero-order chi connectivity index (χ0) is 19.4. The summed E-state index contributed by atoms with van der Waals surface area (Å²) in [6.45, 7) is 5.29. The van der Waals surface area contributed by atoms with Crippen LogP contribution in [0.3, 0.4) is 0 Å². The third kappa shape index (κ3) is 4.63. The van der Waals surface area contributed by atoms with Crippen molar-refractivity contribution in [3.05, 3.63) is 53.8 Å². The Hall–Kier alpha value is -3.35. The third-order valence-electron chi connectivity index (χ3n) is 3.77. The van der Waals surface area contributed by atoms with Gasteiger partial charge in [0.2, 0.25) is 0 Å². The second-order valence-electron chi connectivity index (χ2n) is 6.48. The van der Waals surface area contributed by atoms with E-state index in [2.05, 4.69) is 15.8 Å². The van der Waals surface area contributed by atoms with Gasteiger partial charge in [0.05, 0.1) is 5.56 Å². The summed E-state index contributed by atoms with van der Waals surface area (Å²) in [5, 5.41) is 11.0. The van der Waals surface area contributed by atoms with Gasteiger partial charge in [-0.1, -0.05) is 29.4 Å². The van der Waals surface area contributed by atoms with Crippen molar-refractivity contribution in [2.24, 2.45) is 0 Å². The van der Waals surface area contributed by atoms with Crippen molar-refractivity contribution >= 4 is 28.4 Å². The van der Waals surface area contributed by atoms with Gasteiger partial charge in [0.15, 0.2) is 12.4 Å². The molecule has 27 heavy (non-hydrogen) atoms. The Bertz CT molecular complexity index is 978. The van der Waals surface area contributed by atoms with E-state index in [1.165, 1.54) is 0 Å². The molecule has 7 nitrogen and oxygen atoms in total. The van der Waals surface area contributed by atoms with E-state index in [1.54, 1.807) is 25.1 Å². The number of hydrogen-bond acceptors (Lipinski definition) is 5. The van der Waals surface area contributed by atoms with Crippen molar-refractivity contribution in [1.29, 1.82) is 0 Å². The molecule has 0 aliphatic rings. The SMILES string of the molecule is Cc1cc(NC(=O)c2cc3ccccc3cc2OCC(=O)NC(C)C)no1. The van der Waals surface area contributed by atoms with Gasteiger partial charge in [0, 0.05) is 12.1 Å². The van der Waals surface area contributed by atoms with Crippen molar-refractivity contribution in [3.8, 4) is 5.75 Å². The minimum atomic E-state index is -0.395. The Balaban J connectivity index is 1.88. The molecular formula is C20H21N3O4. The second-order valence-corrected chi connectivity index (χ2v) is 6.48. The highest BCUT2D eigenvalue weighted by Crippen LogP contribution is 2.27. The molecule has 0 fully saturated rings. The van der Waals surface area contributed by atoms with E-state index in [4.69, 9.17) is 9.26 Å². The van der Waals surface area contributed by atoms with E-state index in [0.29, 0.717) is 22.9 Å². The standard InChI is InChI=1S/C20H21N3O4/c1-12(2)21-19(24)11-26-17-10-15-7-5-4-6-14(15)9-16(17)20(25)22-18-8-13(3)27-23-18/h4-10,12H,11H2,1-3H3,(H,21,24)(H,22,23,25). The van der Waals surface area contributed by atoms with Gasteiger partial charge in [0.25, 0.3) is 11.8 Å². The molecule has 2 N–H and O–H groups in total. The minimum absolute atomic E-state index is 0.0101. The van der Waals surface area contributed by atoms with Gasteiger partial charge in [-0.05, 0) is 43.7 Å². The number of anilines is 1. The molecule has 7 heteroatoms. The topological polar surface area (TPSA) is 93.5 Å². The summed E-state index contributed by atoms with van der Waals surface area (Å²) >= 11 is 0. The lowest BCUT2D eigenvalue weighted by molar-refractivity contribution is -0.123. The van der Waals surface area contributed by atoms with Gasteiger partial charge in [-0.15, -0.1) is 0 Å². The molecule has 0 saturated heterocycles. The van der Waals surface area contributed by atoms with Crippen LogP contribution >= 0.6 is 0 Å². The van der Waals surface area contributed by atoms with Crippen LogP contribution < -0.4 is 15.4 Å². The van der Waals surface area contributed by atoms with Gasteiger partial charge in [-0.2, -0.15) is 0 Å². The maximum Gasteiger partial charge on any atom is 0.260 e. The largest absolute Gasteiger partial charge is 0.483 e. The van der Waals surface area contributed by atoms with Crippen LogP contribution in [0.25, 0.3) is 10.8 Å². The number of hydrogen-bond donors (Lipinski definition) is 2. The Kier molecular flexibility index (Phi) is 5.40. The van der Waals surface area contributed by atoms with Crippen molar-refractivity contribution in [2.45, 2.75) is 26.8 Å². The molecule has 2 amide bonds. The van der Waals surface area contributed by atoms with Crippen LogP contribution in [0.2, 0.25) is 0 Å². The lowest BCUT2D eigenvalue weighted by Crippen LogP contribution is -2.34. The van der Waals surface area contributed by atoms with Crippen molar-refractivity contribution < 1.29 is 18.8 Å².